The van der Waals surface area contributed by atoms with Gasteiger partial charge < -0.3 is 9.13 Å². The minimum Gasteiger partial charge on any atom is -0.344 e. The van der Waals surface area contributed by atoms with Gasteiger partial charge in [-0.2, -0.15) is 21.0 Å². The number of aryl methyl sites for hydroxylation is 2. The lowest BCUT2D eigenvalue weighted by Crippen LogP contribution is -2.15. The van der Waals surface area contributed by atoms with Gasteiger partial charge >= 0.3 is 0 Å². The lowest BCUT2D eigenvalue weighted by atomic mass is 9.87. The summed E-state index contributed by atoms with van der Waals surface area (Å²) in [4.78, 5) is 9.59. The summed E-state index contributed by atoms with van der Waals surface area (Å²) in [5, 5.41) is 43.1. The number of rotatable bonds is 11. The number of thiophene rings is 4. The highest BCUT2D eigenvalue weighted by Gasteiger charge is 2.33. The molecule has 0 aliphatic rings. The van der Waals surface area contributed by atoms with E-state index < -0.39 is 5.41 Å². The van der Waals surface area contributed by atoms with E-state index in [9.17, 15) is 21.0 Å². The van der Waals surface area contributed by atoms with Crippen LogP contribution in [0.5, 0.6) is 0 Å². The zero-order valence-corrected chi connectivity index (χ0v) is 43.4. The van der Waals surface area contributed by atoms with Gasteiger partial charge in [0.1, 0.15) is 35.4 Å². The van der Waals surface area contributed by atoms with Gasteiger partial charge in [0.15, 0.2) is 0 Å². The van der Waals surface area contributed by atoms with Gasteiger partial charge in [0.25, 0.3) is 0 Å². The fourth-order valence-corrected chi connectivity index (χ4v) is 15.0. The number of benzene rings is 4. The molecule has 6 aromatic heterocycles. The zero-order chi connectivity index (χ0) is 49.2. The third-order valence-corrected chi connectivity index (χ3v) is 20.1. The Morgan fingerprint density at radius 3 is 1.60 bits per heavy atom. The van der Waals surface area contributed by atoms with Crippen molar-refractivity contribution in [1.29, 1.82) is 21.0 Å². The van der Waals surface area contributed by atoms with Crippen LogP contribution in [-0.4, -0.2) is 9.13 Å². The first kappa shape index (κ1) is 46.4. The molecule has 0 aliphatic heterocycles. The fourth-order valence-electron chi connectivity index (χ4n) is 9.84. The molecule has 0 saturated heterocycles. The number of hydrogen-bond acceptors (Lipinski definition) is 8. The average Bonchev–Trinajstić information content (AvgIpc) is 4.25. The first-order chi connectivity index (χ1) is 33.6. The predicted molar refractivity (Wildman–Crippen MR) is 295 cm³/mol. The Balaban J connectivity index is 1.19. The Kier molecular flexibility index (Phi) is 11.9. The van der Waals surface area contributed by atoms with Crippen LogP contribution >= 0.6 is 45.3 Å². The minimum atomic E-state index is -0.502. The largest absolute Gasteiger partial charge is 0.344 e. The second kappa shape index (κ2) is 17.9. The number of aromatic nitrogens is 2. The molecule has 70 heavy (non-hydrogen) atoms. The summed E-state index contributed by atoms with van der Waals surface area (Å²) in [5.74, 6) is 0.0159. The van der Waals surface area contributed by atoms with E-state index in [1.807, 2.05) is 41.7 Å². The topological polar surface area (TPSA) is 105 Å². The van der Waals surface area contributed by atoms with E-state index in [0.717, 1.165) is 20.9 Å². The standard InChI is InChI=1S/C60H48N6S4/c1-35(25-37(31-61)32-62)51-21-22-52(67-51)36(2)53-28-43(39-17-19-49-45(26-39)41-13-9-11-15-47(41)65(49)7)57(68-53)58-44(40-18-20-50-46(27-40)42-14-10-12-16-48(42)66(50)8)29-56(70-58)60(5,6)55-24-23-54(69-55)59(3,4)30-38(33-63)34-64/h9-30,35-36H,1-8H3. The number of hydrogen-bond donors (Lipinski definition) is 0. The second-order valence-corrected chi connectivity index (χ2v) is 23.6. The van der Waals surface area contributed by atoms with Gasteiger partial charge in [0.2, 0.25) is 0 Å². The van der Waals surface area contributed by atoms with Gasteiger partial charge in [-0.3, -0.25) is 0 Å². The van der Waals surface area contributed by atoms with Crippen molar-refractivity contribution in [2.75, 3.05) is 0 Å². The molecule has 2 atom stereocenters. The summed E-state index contributed by atoms with van der Waals surface area (Å²) in [7, 11) is 4.29. The van der Waals surface area contributed by atoms with E-state index in [1.54, 1.807) is 34.8 Å². The molecule has 6 nitrogen and oxygen atoms in total. The summed E-state index contributed by atoms with van der Waals surface area (Å²) >= 11 is 7.23. The van der Waals surface area contributed by atoms with Gasteiger partial charge in [0.05, 0.1) is 9.75 Å². The number of nitrogens with zero attached hydrogens (tertiary/aromatic N) is 6. The summed E-state index contributed by atoms with van der Waals surface area (Å²) in [6, 6.07) is 52.9. The van der Waals surface area contributed by atoms with E-state index in [4.69, 9.17) is 0 Å². The maximum absolute atomic E-state index is 9.63. The van der Waals surface area contributed by atoms with Crippen molar-refractivity contribution in [3.05, 3.63) is 174 Å². The third kappa shape index (κ3) is 7.89. The molecule has 6 heterocycles. The Bertz CT molecular complexity index is 3940. The molecule has 0 amide bonds. The Morgan fingerprint density at radius 1 is 0.500 bits per heavy atom. The van der Waals surface area contributed by atoms with Crippen LogP contribution in [0.1, 0.15) is 82.6 Å². The molecule has 0 N–H and O–H groups in total. The number of fused-ring (bicyclic) bond motifs is 6. The lowest BCUT2D eigenvalue weighted by Gasteiger charge is -2.23. The first-order valence-electron chi connectivity index (χ1n) is 23.1. The summed E-state index contributed by atoms with van der Waals surface area (Å²) in [6.07, 6.45) is 3.53. The Morgan fingerprint density at radius 2 is 1.01 bits per heavy atom. The molecule has 0 saturated carbocycles. The molecule has 4 aromatic carbocycles. The van der Waals surface area contributed by atoms with Crippen LogP contribution in [0.15, 0.2) is 145 Å². The molecule has 342 valence electrons. The normalized spacial score (nSPS) is 12.7. The smallest absolute Gasteiger partial charge is 0.126 e. The van der Waals surface area contributed by atoms with Gasteiger partial charge in [-0.15, -0.1) is 45.3 Å². The molecular weight excluding hydrogens is 933 g/mol. The van der Waals surface area contributed by atoms with Gasteiger partial charge in [-0.25, -0.2) is 0 Å². The van der Waals surface area contributed by atoms with E-state index >= 15 is 0 Å². The van der Waals surface area contributed by atoms with Crippen molar-refractivity contribution >= 4 is 89.0 Å². The molecular formula is C60H48N6S4. The first-order valence-corrected chi connectivity index (χ1v) is 26.4. The van der Waals surface area contributed by atoms with Crippen LogP contribution in [0.4, 0.5) is 0 Å². The van der Waals surface area contributed by atoms with Crippen molar-refractivity contribution in [3.8, 4) is 56.3 Å². The molecule has 0 fully saturated rings. The van der Waals surface area contributed by atoms with E-state index in [0.29, 0.717) is 0 Å². The summed E-state index contributed by atoms with van der Waals surface area (Å²) < 4.78 is 4.57. The van der Waals surface area contributed by atoms with Crippen LogP contribution in [-0.2, 0) is 24.9 Å². The summed E-state index contributed by atoms with van der Waals surface area (Å²) in [5.41, 5.74) is 8.84. The van der Waals surface area contributed by atoms with Gasteiger partial charge in [-0.05, 0) is 96.1 Å². The lowest BCUT2D eigenvalue weighted by molar-refractivity contribution is 0.671. The molecule has 0 spiro atoms. The number of nitriles is 4. The van der Waals surface area contributed by atoms with Crippen molar-refractivity contribution in [1.82, 2.24) is 9.13 Å². The van der Waals surface area contributed by atoms with Crippen LogP contribution in [0.2, 0.25) is 0 Å². The third-order valence-electron chi connectivity index (χ3n) is 14.0. The van der Waals surface area contributed by atoms with Crippen LogP contribution in [0.3, 0.4) is 0 Å². The monoisotopic (exact) mass is 980 g/mol. The van der Waals surface area contributed by atoms with Gasteiger partial charge in [0, 0.05) is 121 Å². The predicted octanol–water partition coefficient (Wildman–Crippen LogP) is 17.0. The zero-order valence-electron chi connectivity index (χ0n) is 40.2. The molecule has 2 unspecified atom stereocenters. The summed E-state index contributed by atoms with van der Waals surface area (Å²) in [6.45, 7) is 13.1. The molecule has 0 radical (unpaired) electrons. The average molecular weight is 981 g/mol. The highest BCUT2D eigenvalue weighted by molar-refractivity contribution is 7.23. The SMILES string of the molecule is CC(C=C(C#N)C#N)c1ccc(C(C)c2cc(-c3ccc4c(c3)c3ccccc3n4C)c(-c3sc(C(C)(C)c4ccc(C(C)(C)C=C(C#N)C#N)s4)cc3-c3ccc4c(c3)c3ccccc3n4C)s2)s1. The van der Waals surface area contributed by atoms with Crippen molar-refractivity contribution < 1.29 is 0 Å². The van der Waals surface area contributed by atoms with E-state index in [1.165, 1.54) is 84.0 Å². The molecule has 0 bridgehead atoms. The van der Waals surface area contributed by atoms with Crippen molar-refractivity contribution in [2.45, 2.75) is 64.2 Å². The maximum Gasteiger partial charge on any atom is 0.126 e. The van der Waals surface area contributed by atoms with E-state index in [2.05, 4.69) is 191 Å². The highest BCUT2D eigenvalue weighted by Crippen LogP contribution is 2.54. The van der Waals surface area contributed by atoms with E-state index in [-0.39, 0.29) is 28.4 Å². The molecule has 10 aromatic rings. The van der Waals surface area contributed by atoms with Crippen LogP contribution in [0.25, 0.3) is 75.6 Å². The quantitative estimate of drug-likeness (QED) is 0.120. The Labute approximate surface area is 424 Å². The highest BCUT2D eigenvalue weighted by atomic mass is 32.1. The molecule has 0 aliphatic carbocycles. The van der Waals surface area contributed by atoms with Crippen LogP contribution < -0.4 is 0 Å². The van der Waals surface area contributed by atoms with Crippen LogP contribution in [0, 0.1) is 45.3 Å². The Hall–Kier alpha value is -7.28. The number of allylic oxidation sites excluding steroid dienone is 4. The molecule has 10 heteroatoms. The van der Waals surface area contributed by atoms with Crippen molar-refractivity contribution in [2.24, 2.45) is 14.1 Å². The molecule has 10 rings (SSSR count). The minimum absolute atomic E-state index is 0.0637. The maximum atomic E-state index is 9.63. The second-order valence-electron chi connectivity index (χ2n) is 19.2. The van der Waals surface area contributed by atoms with Gasteiger partial charge in [-0.1, -0.05) is 90.1 Å². The fraction of sp³-hybridized carbons (Fsp3) is 0.200. The number of para-hydroxylation sites is 2. The van der Waals surface area contributed by atoms with Crippen molar-refractivity contribution in [3.63, 3.8) is 0 Å².